The normalized spacial score (nSPS) is 22.2. The molecule has 2 fully saturated rings. The molecule has 1 aromatic heterocycles. The van der Waals surface area contributed by atoms with Gasteiger partial charge in [0.1, 0.15) is 0 Å². The molecule has 0 unspecified atom stereocenters. The van der Waals surface area contributed by atoms with Crippen molar-refractivity contribution in [2.75, 3.05) is 39.3 Å². The Morgan fingerprint density at radius 3 is 2.50 bits per heavy atom. The Morgan fingerprint density at radius 2 is 1.88 bits per heavy atom. The van der Waals surface area contributed by atoms with E-state index in [0.29, 0.717) is 38.8 Å². The third-order valence-corrected chi connectivity index (χ3v) is 5.08. The summed E-state index contributed by atoms with van der Waals surface area (Å²) in [6, 6.07) is 0.381. The number of hydrogen-bond donors (Lipinski definition) is 0. The highest BCUT2D eigenvalue weighted by Gasteiger charge is 2.29. The summed E-state index contributed by atoms with van der Waals surface area (Å²) in [4.78, 5) is 30.0. The van der Waals surface area contributed by atoms with Crippen LogP contribution >= 0.6 is 0 Å². The molecule has 0 radical (unpaired) electrons. The van der Waals surface area contributed by atoms with E-state index in [0.717, 1.165) is 25.9 Å². The van der Waals surface area contributed by atoms with Gasteiger partial charge in [0, 0.05) is 45.3 Å². The molecule has 24 heavy (non-hydrogen) atoms. The first kappa shape index (κ1) is 17.0. The van der Waals surface area contributed by atoms with Crippen molar-refractivity contribution in [2.24, 2.45) is 0 Å². The van der Waals surface area contributed by atoms with Crippen molar-refractivity contribution in [3.05, 3.63) is 18.0 Å². The zero-order chi connectivity index (χ0) is 17.1. The predicted octanol–water partition coefficient (Wildman–Crippen LogP) is 0.347. The lowest BCUT2D eigenvalue weighted by atomic mass is 10.2. The van der Waals surface area contributed by atoms with Crippen molar-refractivity contribution < 1.29 is 9.59 Å². The van der Waals surface area contributed by atoms with Crippen LogP contribution in [0.15, 0.2) is 12.4 Å². The maximum absolute atomic E-state index is 12.6. The van der Waals surface area contributed by atoms with Crippen molar-refractivity contribution in [1.29, 1.82) is 0 Å². The molecule has 2 amide bonds. The van der Waals surface area contributed by atoms with Gasteiger partial charge in [-0.3, -0.25) is 19.2 Å². The summed E-state index contributed by atoms with van der Waals surface area (Å²) < 4.78 is 1.98. The number of hydrogen-bond acceptors (Lipinski definition) is 4. The Kier molecular flexibility index (Phi) is 5.18. The maximum atomic E-state index is 12.6. The van der Waals surface area contributed by atoms with E-state index in [1.807, 2.05) is 27.6 Å². The van der Waals surface area contributed by atoms with Crippen LogP contribution in [0.25, 0.3) is 0 Å². The van der Waals surface area contributed by atoms with Crippen LogP contribution in [-0.2, 0) is 16.1 Å². The first-order chi connectivity index (χ1) is 11.5. The van der Waals surface area contributed by atoms with Gasteiger partial charge in [0.15, 0.2) is 0 Å². The fraction of sp³-hybridized carbons (Fsp3) is 0.706. The Hall–Kier alpha value is -1.89. The summed E-state index contributed by atoms with van der Waals surface area (Å²) in [5.74, 6) is 0.276. The first-order valence-electron chi connectivity index (χ1n) is 8.79. The molecule has 1 aromatic rings. The van der Waals surface area contributed by atoms with E-state index in [4.69, 9.17) is 0 Å². The molecule has 0 aromatic carbocycles. The van der Waals surface area contributed by atoms with Gasteiger partial charge in [0.2, 0.25) is 11.8 Å². The molecule has 0 saturated carbocycles. The molecule has 0 N–H and O–H groups in total. The molecule has 1 atom stereocenters. The van der Waals surface area contributed by atoms with Crippen molar-refractivity contribution in [3.8, 4) is 0 Å². The highest BCUT2D eigenvalue weighted by Crippen LogP contribution is 2.19. The van der Waals surface area contributed by atoms with Crippen molar-refractivity contribution in [1.82, 2.24) is 24.5 Å². The number of rotatable bonds is 4. The monoisotopic (exact) mass is 333 g/mol. The Balaban J connectivity index is 1.51. The quantitative estimate of drug-likeness (QED) is 0.797. The van der Waals surface area contributed by atoms with Crippen LogP contribution in [0.4, 0.5) is 0 Å². The van der Waals surface area contributed by atoms with E-state index in [1.54, 1.807) is 6.92 Å². The molecular formula is C17H27N5O2. The van der Waals surface area contributed by atoms with Gasteiger partial charge in [-0.25, -0.2) is 0 Å². The molecule has 3 heterocycles. The maximum Gasteiger partial charge on any atom is 0.236 e. The van der Waals surface area contributed by atoms with Crippen molar-refractivity contribution in [3.63, 3.8) is 0 Å². The molecular weight excluding hydrogens is 306 g/mol. The number of likely N-dealkylation sites (tertiary alicyclic amines) is 1. The number of aryl methyl sites for hydroxylation is 1. The van der Waals surface area contributed by atoms with Crippen LogP contribution < -0.4 is 0 Å². The standard InChI is InChI=1S/C17H27N5O2/c1-14-10-18-22(11-14)12-16-4-3-5-21(16)13-17(24)20-8-6-19(7-9-20)15(2)23/h10-11,16H,3-9,12-13H2,1-2H3/t16-/m0/s1. The number of nitrogens with zero attached hydrogens (tertiary/aromatic N) is 5. The molecule has 0 aliphatic carbocycles. The highest BCUT2D eigenvalue weighted by molar-refractivity contribution is 5.79. The van der Waals surface area contributed by atoms with Gasteiger partial charge >= 0.3 is 0 Å². The van der Waals surface area contributed by atoms with Gasteiger partial charge in [-0.2, -0.15) is 5.10 Å². The molecule has 7 heteroatoms. The van der Waals surface area contributed by atoms with Crippen molar-refractivity contribution in [2.45, 2.75) is 39.3 Å². The third-order valence-electron chi connectivity index (χ3n) is 5.08. The zero-order valence-electron chi connectivity index (χ0n) is 14.6. The van der Waals surface area contributed by atoms with E-state index in [9.17, 15) is 9.59 Å². The Bertz CT molecular complexity index is 592. The SMILES string of the molecule is CC(=O)N1CCN(C(=O)CN2CCC[C@H]2Cn2cc(C)cn2)CC1. The van der Waals surface area contributed by atoms with Crippen molar-refractivity contribution >= 4 is 11.8 Å². The number of carbonyl (C=O) groups is 2. The fourth-order valence-corrected chi connectivity index (χ4v) is 3.64. The number of carbonyl (C=O) groups excluding carboxylic acids is 2. The van der Waals surface area contributed by atoms with Crippen LogP contribution in [0.5, 0.6) is 0 Å². The molecule has 0 bridgehead atoms. The average molecular weight is 333 g/mol. The van der Waals surface area contributed by atoms with Gasteiger partial charge in [-0.1, -0.05) is 0 Å². The lowest BCUT2D eigenvalue weighted by molar-refractivity contribution is -0.139. The van der Waals surface area contributed by atoms with Gasteiger partial charge in [-0.15, -0.1) is 0 Å². The van der Waals surface area contributed by atoms with Crippen LogP contribution in [0.2, 0.25) is 0 Å². The largest absolute Gasteiger partial charge is 0.339 e. The topological polar surface area (TPSA) is 61.7 Å². The van der Waals surface area contributed by atoms with Gasteiger partial charge in [0.25, 0.3) is 0 Å². The molecule has 7 nitrogen and oxygen atoms in total. The smallest absolute Gasteiger partial charge is 0.236 e. The fourth-order valence-electron chi connectivity index (χ4n) is 3.64. The minimum atomic E-state index is 0.0937. The van der Waals surface area contributed by atoms with Gasteiger partial charge in [-0.05, 0) is 31.9 Å². The minimum absolute atomic E-state index is 0.0937. The lowest BCUT2D eigenvalue weighted by Gasteiger charge is -2.35. The lowest BCUT2D eigenvalue weighted by Crippen LogP contribution is -2.52. The predicted molar refractivity (Wildman–Crippen MR) is 90.4 cm³/mol. The summed E-state index contributed by atoms with van der Waals surface area (Å²) in [5.41, 5.74) is 1.17. The molecule has 2 aliphatic rings. The van der Waals surface area contributed by atoms with Crippen LogP contribution in [-0.4, -0.2) is 81.6 Å². The van der Waals surface area contributed by atoms with Gasteiger partial charge in [0.05, 0.1) is 19.3 Å². The second kappa shape index (κ2) is 7.34. The summed E-state index contributed by atoms with van der Waals surface area (Å²) in [6.45, 7) is 8.52. The molecule has 2 saturated heterocycles. The first-order valence-corrected chi connectivity index (χ1v) is 8.79. The van der Waals surface area contributed by atoms with Crippen LogP contribution in [0.3, 0.4) is 0 Å². The van der Waals surface area contributed by atoms with E-state index in [1.165, 1.54) is 5.56 Å². The molecule has 3 rings (SSSR count). The summed E-state index contributed by atoms with van der Waals surface area (Å²) in [6.07, 6.45) is 6.18. The van der Waals surface area contributed by atoms with E-state index in [-0.39, 0.29) is 11.8 Å². The summed E-state index contributed by atoms with van der Waals surface area (Å²) in [5, 5.41) is 4.36. The second-order valence-corrected chi connectivity index (χ2v) is 6.89. The summed E-state index contributed by atoms with van der Waals surface area (Å²) in [7, 11) is 0. The van der Waals surface area contributed by atoms with E-state index in [2.05, 4.69) is 16.2 Å². The Labute approximate surface area is 143 Å². The van der Waals surface area contributed by atoms with Crippen LogP contribution in [0, 0.1) is 6.92 Å². The highest BCUT2D eigenvalue weighted by atomic mass is 16.2. The Morgan fingerprint density at radius 1 is 1.17 bits per heavy atom. The molecule has 2 aliphatic heterocycles. The summed E-state index contributed by atoms with van der Waals surface area (Å²) >= 11 is 0. The zero-order valence-corrected chi connectivity index (χ0v) is 14.6. The molecule has 0 spiro atoms. The minimum Gasteiger partial charge on any atom is -0.339 e. The van der Waals surface area contributed by atoms with Gasteiger partial charge < -0.3 is 9.80 Å². The molecule has 132 valence electrons. The second-order valence-electron chi connectivity index (χ2n) is 6.89. The number of aromatic nitrogens is 2. The van der Waals surface area contributed by atoms with Crippen LogP contribution in [0.1, 0.15) is 25.3 Å². The average Bonchev–Trinajstić information content (AvgIpc) is 3.17. The third kappa shape index (κ3) is 3.95. The number of piperazine rings is 1. The van der Waals surface area contributed by atoms with E-state index >= 15 is 0 Å². The van der Waals surface area contributed by atoms with E-state index < -0.39 is 0 Å². The number of amides is 2.